The van der Waals surface area contributed by atoms with E-state index >= 15 is 0 Å². The SMILES string of the molecule is N.Nc1nc(C(=NOCC(=O)NNC(=O)c2ccc(O)c(O)c2)C(=O)NC2C(=O)N3C(C(=O)O)=C(CSc4nncs4)CS[C@@H]23)cs1. The van der Waals surface area contributed by atoms with Crippen molar-refractivity contribution in [2.45, 2.75) is 15.8 Å². The number of phenols is 2. The van der Waals surface area contributed by atoms with Crippen LogP contribution in [0.4, 0.5) is 5.13 Å². The molecule has 23 heteroatoms. The molecule has 4 heterocycles. The average molecular weight is 725 g/mol. The quantitative estimate of drug-likeness (QED) is 0.0420. The Morgan fingerprint density at radius 2 is 1.96 bits per heavy atom. The maximum absolute atomic E-state index is 13.3. The summed E-state index contributed by atoms with van der Waals surface area (Å²) in [5, 5.41) is 43.5. The number of carboxylic acid groups (broad SMARTS) is 1. The van der Waals surface area contributed by atoms with Crippen LogP contribution < -0.4 is 28.1 Å². The van der Waals surface area contributed by atoms with Gasteiger partial charge < -0.3 is 37.4 Å². The van der Waals surface area contributed by atoms with Gasteiger partial charge >= 0.3 is 5.97 Å². The number of carboxylic acids is 1. The molecule has 0 spiro atoms. The number of thiazole rings is 1. The molecule has 1 fully saturated rings. The van der Waals surface area contributed by atoms with Gasteiger partial charge in [0.2, 0.25) is 0 Å². The molecular formula is C24H24N10O9S4. The lowest BCUT2D eigenvalue weighted by Crippen LogP contribution is -2.71. The normalized spacial score (nSPS) is 17.1. The summed E-state index contributed by atoms with van der Waals surface area (Å²) in [6.07, 6.45) is 0. The molecule has 3 aromatic rings. The number of thioether (sulfide) groups is 2. The van der Waals surface area contributed by atoms with E-state index in [2.05, 4.69) is 36.5 Å². The number of fused-ring (bicyclic) bond motifs is 1. The summed E-state index contributed by atoms with van der Waals surface area (Å²) in [6, 6.07) is 2.19. The largest absolute Gasteiger partial charge is 0.504 e. The van der Waals surface area contributed by atoms with Crippen molar-refractivity contribution in [2.24, 2.45) is 5.16 Å². The number of anilines is 1. The Labute approximate surface area is 280 Å². The fraction of sp³-hybridized carbons (Fsp3) is 0.208. The van der Waals surface area contributed by atoms with Gasteiger partial charge in [0.1, 0.15) is 28.3 Å². The number of β-lactam (4-membered cyclic amide) rings is 1. The second-order valence-corrected chi connectivity index (χ2v) is 13.2. The van der Waals surface area contributed by atoms with Crippen LogP contribution in [0.3, 0.4) is 0 Å². The number of aromatic nitrogens is 3. The van der Waals surface area contributed by atoms with Gasteiger partial charge in [0.25, 0.3) is 23.6 Å². The Kier molecular flexibility index (Phi) is 11.2. The lowest BCUT2D eigenvalue weighted by molar-refractivity contribution is -0.150. The molecular weight excluding hydrogens is 701 g/mol. The number of aliphatic carboxylic acids is 1. The van der Waals surface area contributed by atoms with Crippen LogP contribution in [-0.2, 0) is 24.0 Å². The number of benzene rings is 1. The fourth-order valence-electron chi connectivity index (χ4n) is 4.03. The third-order valence-electron chi connectivity index (χ3n) is 6.13. The summed E-state index contributed by atoms with van der Waals surface area (Å²) in [5.41, 5.74) is 11.3. The Morgan fingerprint density at radius 1 is 1.17 bits per heavy atom. The number of rotatable bonds is 11. The second-order valence-electron chi connectivity index (χ2n) is 9.10. The third kappa shape index (κ3) is 7.89. The number of phenolic OH excluding ortho intramolecular Hbond substituents is 2. The number of oxime groups is 1. The molecule has 5 rings (SSSR count). The number of nitrogens with two attached hydrogens (primary N) is 1. The van der Waals surface area contributed by atoms with Gasteiger partial charge in [0.05, 0.1) is 0 Å². The topological polar surface area (TPSA) is 307 Å². The number of nitrogens with zero attached hydrogens (tertiary/aromatic N) is 5. The highest BCUT2D eigenvalue weighted by Gasteiger charge is 2.54. The maximum Gasteiger partial charge on any atom is 0.352 e. The highest BCUT2D eigenvalue weighted by atomic mass is 32.2. The van der Waals surface area contributed by atoms with Crippen LogP contribution in [0.5, 0.6) is 11.5 Å². The zero-order valence-electron chi connectivity index (χ0n) is 23.6. The van der Waals surface area contributed by atoms with Crippen LogP contribution in [0, 0.1) is 0 Å². The highest BCUT2D eigenvalue weighted by Crippen LogP contribution is 2.41. The molecule has 19 nitrogen and oxygen atoms in total. The van der Waals surface area contributed by atoms with E-state index in [0.29, 0.717) is 15.7 Å². The molecule has 1 saturated heterocycles. The van der Waals surface area contributed by atoms with Gasteiger partial charge in [-0.2, -0.15) is 0 Å². The molecule has 2 aliphatic rings. The predicted octanol–water partition coefficient (Wildman–Crippen LogP) is -0.137. The van der Waals surface area contributed by atoms with Gasteiger partial charge in [-0.15, -0.1) is 33.3 Å². The zero-order valence-corrected chi connectivity index (χ0v) is 26.9. The minimum Gasteiger partial charge on any atom is -0.504 e. The van der Waals surface area contributed by atoms with Crippen molar-refractivity contribution in [3.05, 3.63) is 51.6 Å². The first-order valence-electron chi connectivity index (χ1n) is 12.7. The van der Waals surface area contributed by atoms with E-state index in [-0.39, 0.29) is 34.0 Å². The molecule has 11 N–H and O–H groups in total. The first-order chi connectivity index (χ1) is 22.0. The number of nitrogen functional groups attached to an aromatic ring is 1. The number of carbonyl (C=O) groups is 5. The Balaban J connectivity index is 0.00000500. The Bertz CT molecular complexity index is 1760. The lowest BCUT2D eigenvalue weighted by atomic mass is 10.0. The number of hydrazine groups is 1. The van der Waals surface area contributed by atoms with Crippen molar-refractivity contribution in [2.75, 3.05) is 23.8 Å². The van der Waals surface area contributed by atoms with Gasteiger partial charge in [-0.3, -0.25) is 34.9 Å². The van der Waals surface area contributed by atoms with E-state index in [1.165, 1.54) is 46.3 Å². The Morgan fingerprint density at radius 3 is 2.62 bits per heavy atom. The summed E-state index contributed by atoms with van der Waals surface area (Å²) in [5.74, 6) is -4.90. The van der Waals surface area contributed by atoms with Gasteiger partial charge in [-0.05, 0) is 23.8 Å². The van der Waals surface area contributed by atoms with E-state index < -0.39 is 64.8 Å². The number of nitrogens with one attached hydrogen (secondary N) is 3. The van der Waals surface area contributed by atoms with Gasteiger partial charge in [-0.25, -0.2) is 9.78 Å². The van der Waals surface area contributed by atoms with E-state index in [1.54, 1.807) is 5.51 Å². The molecule has 248 valence electrons. The third-order valence-corrected chi connectivity index (χ3v) is 10.1. The average Bonchev–Trinajstić information content (AvgIpc) is 3.72. The van der Waals surface area contributed by atoms with E-state index in [1.807, 2.05) is 0 Å². The van der Waals surface area contributed by atoms with E-state index in [9.17, 15) is 39.3 Å². The molecule has 0 bridgehead atoms. The van der Waals surface area contributed by atoms with Crippen molar-refractivity contribution < 1.29 is 44.1 Å². The van der Waals surface area contributed by atoms with Crippen LogP contribution in [-0.4, -0.2) is 100 Å². The molecule has 2 atom stereocenters. The predicted molar refractivity (Wildman–Crippen MR) is 170 cm³/mol. The van der Waals surface area contributed by atoms with E-state index in [0.717, 1.165) is 28.4 Å². The van der Waals surface area contributed by atoms with Crippen LogP contribution in [0.25, 0.3) is 0 Å². The van der Waals surface area contributed by atoms with Crippen molar-refractivity contribution >= 4 is 86.6 Å². The number of amides is 4. The molecule has 0 saturated carbocycles. The van der Waals surface area contributed by atoms with Crippen LogP contribution in [0.2, 0.25) is 0 Å². The van der Waals surface area contributed by atoms with Crippen LogP contribution >= 0.6 is 46.2 Å². The molecule has 0 radical (unpaired) electrons. The van der Waals surface area contributed by atoms with Crippen molar-refractivity contribution in [1.29, 1.82) is 0 Å². The van der Waals surface area contributed by atoms with Crippen LogP contribution in [0.15, 0.2) is 49.9 Å². The summed E-state index contributed by atoms with van der Waals surface area (Å²) in [7, 11) is 0. The second kappa shape index (κ2) is 15.1. The minimum atomic E-state index is -1.28. The van der Waals surface area contributed by atoms with E-state index in [4.69, 9.17) is 10.6 Å². The van der Waals surface area contributed by atoms with Crippen molar-refractivity contribution in [3.63, 3.8) is 0 Å². The first kappa shape index (κ1) is 34.9. The number of carbonyl (C=O) groups excluding carboxylic acids is 4. The summed E-state index contributed by atoms with van der Waals surface area (Å²) >= 11 is 4.88. The van der Waals surface area contributed by atoms with Crippen molar-refractivity contribution in [1.82, 2.24) is 42.4 Å². The molecule has 0 aliphatic carbocycles. The highest BCUT2D eigenvalue weighted by molar-refractivity contribution is 8.01. The molecule has 2 aromatic heterocycles. The monoisotopic (exact) mass is 724 g/mol. The number of hydrogen-bond acceptors (Lipinski definition) is 18. The van der Waals surface area contributed by atoms with Gasteiger partial charge in [0, 0.05) is 22.4 Å². The van der Waals surface area contributed by atoms with Gasteiger partial charge in [-0.1, -0.05) is 28.3 Å². The smallest absolute Gasteiger partial charge is 0.352 e. The van der Waals surface area contributed by atoms with Gasteiger partial charge in [0.15, 0.2) is 33.3 Å². The Hall–Kier alpha value is -4.97. The summed E-state index contributed by atoms with van der Waals surface area (Å²) in [6.45, 7) is -0.767. The van der Waals surface area contributed by atoms with Crippen LogP contribution in [0.1, 0.15) is 16.1 Å². The molecule has 4 amide bonds. The summed E-state index contributed by atoms with van der Waals surface area (Å²) in [4.78, 5) is 73.0. The zero-order chi connectivity index (χ0) is 33.0. The standard InChI is InChI=1S/C24H21N9O9S4.H3N/c25-23-27-11(7-44-23)15(32-42-4-14(36)29-30-18(37)9-1-2-12(34)13(35)3-9)19(38)28-16-20(39)33-17(22(40)41)10(5-43-21(16)33)6-45-24-31-26-8-46-24;/h1-3,7-8,16,21,34-35H,4-6H2,(H2,25,27)(H,28,38)(H,29,36)(H,30,37)(H,40,41);1H3/t16?,21-;/m0./s1. The maximum atomic E-state index is 13.3. The molecule has 47 heavy (non-hydrogen) atoms. The molecule has 1 aromatic carbocycles. The molecule has 2 aliphatic heterocycles. The lowest BCUT2D eigenvalue weighted by Gasteiger charge is -2.49. The number of hydrogen-bond donors (Lipinski definition) is 8. The van der Waals surface area contributed by atoms with Crippen molar-refractivity contribution in [3.8, 4) is 11.5 Å². The summed E-state index contributed by atoms with van der Waals surface area (Å²) < 4.78 is 0.651. The first-order valence-corrected chi connectivity index (χ1v) is 16.4. The minimum absolute atomic E-state index is 0. The fourth-order valence-corrected chi connectivity index (χ4v) is 7.56. The number of aromatic hydroxyl groups is 2. The molecule has 1 unspecified atom stereocenters.